The zero-order chi connectivity index (χ0) is 39.8. The molecule has 4 aliphatic rings. The van der Waals surface area contributed by atoms with Crippen molar-refractivity contribution in [3.05, 3.63) is 230 Å². The first-order valence-electron chi connectivity index (χ1n) is 20.2. The van der Waals surface area contributed by atoms with E-state index in [1.165, 1.54) is 44.4 Å². The molecule has 4 aliphatic heterocycles. The Labute approximate surface area is 350 Å². The molecule has 0 N–H and O–H groups in total. The van der Waals surface area contributed by atoms with Gasteiger partial charge in [0.05, 0.1) is 0 Å². The Morgan fingerprint density at radius 1 is 0.400 bits per heavy atom. The second kappa shape index (κ2) is 15.2. The van der Waals surface area contributed by atoms with Gasteiger partial charge < -0.3 is 14.2 Å². The molecule has 3 aromatic heterocycles. The molecular formula is C49H35B3N8. The minimum absolute atomic E-state index is 0.107. The Balaban J connectivity index is 1.03. The largest absolute Gasteiger partial charge is 0.423 e. The number of benzene rings is 4. The zero-order valence-corrected chi connectivity index (χ0v) is 32.5. The average Bonchev–Trinajstić information content (AvgIpc) is 3.34. The van der Waals surface area contributed by atoms with E-state index >= 15 is 0 Å². The summed E-state index contributed by atoms with van der Waals surface area (Å²) in [4.78, 5) is 24.1. The van der Waals surface area contributed by atoms with Gasteiger partial charge in [0, 0.05) is 18.0 Å². The molecule has 11 heteroatoms. The maximum atomic E-state index is 5.03. The number of fused-ring (bicyclic) bond motifs is 6. The lowest BCUT2D eigenvalue weighted by Crippen LogP contribution is -2.74. The molecule has 0 aliphatic carbocycles. The van der Waals surface area contributed by atoms with Gasteiger partial charge in [0.25, 0.3) is 0 Å². The van der Waals surface area contributed by atoms with E-state index in [-0.39, 0.29) is 20.9 Å². The number of aromatic nitrogens is 5. The van der Waals surface area contributed by atoms with Crippen LogP contribution in [0.1, 0.15) is 17.0 Å². The average molecular weight is 768 g/mol. The van der Waals surface area contributed by atoms with Crippen LogP contribution in [-0.2, 0) is 0 Å². The van der Waals surface area contributed by atoms with Crippen LogP contribution in [0.15, 0.2) is 213 Å². The summed E-state index contributed by atoms with van der Waals surface area (Å²) in [6, 6.07) is 50.4. The second-order valence-corrected chi connectivity index (χ2v) is 15.0. The van der Waals surface area contributed by atoms with E-state index in [0.29, 0.717) is 28.9 Å². The molecule has 1 fully saturated rings. The number of hydrogen-bond acceptors (Lipinski definition) is 8. The van der Waals surface area contributed by atoms with Gasteiger partial charge in [-0.25, -0.2) is 15.0 Å². The van der Waals surface area contributed by atoms with Crippen LogP contribution in [0.2, 0.25) is 0 Å². The number of nitrogens with zero attached hydrogens (tertiary/aromatic N) is 8. The van der Waals surface area contributed by atoms with Crippen molar-refractivity contribution in [3.63, 3.8) is 0 Å². The standard InChI is InChI=1S/C49H35B3N8/c1-3-14-36(15-4-1)38-18-11-20-40(32-38)42-25-31-60-50(34-42)58-30-26-43(47-55-48(45-23-7-9-27-53-45)57-49(56-47)46-24-8-10-28-54-46)35-51(58)59-29-13-22-44(52(59)60)41-21-12-19-39(33-41)37-16-5-2-6-17-37/h1-35H. The van der Waals surface area contributed by atoms with Crippen molar-refractivity contribution in [1.82, 2.24) is 39.1 Å². The van der Waals surface area contributed by atoms with Gasteiger partial charge in [0.15, 0.2) is 17.5 Å². The fourth-order valence-electron chi connectivity index (χ4n) is 8.51. The van der Waals surface area contributed by atoms with Crippen molar-refractivity contribution >= 4 is 37.6 Å². The fourth-order valence-corrected chi connectivity index (χ4v) is 8.51. The normalized spacial score (nSPS) is 15.2. The van der Waals surface area contributed by atoms with Crippen molar-refractivity contribution < 1.29 is 0 Å². The molecular weight excluding hydrogens is 733 g/mol. The van der Waals surface area contributed by atoms with Gasteiger partial charge in [-0.2, -0.15) is 0 Å². The summed E-state index contributed by atoms with van der Waals surface area (Å²) in [6.07, 6.45) is 19.0. The third kappa shape index (κ3) is 6.56. The van der Waals surface area contributed by atoms with Gasteiger partial charge in [-0.15, -0.1) is 0 Å². The van der Waals surface area contributed by atoms with E-state index in [1.54, 1.807) is 12.4 Å². The Morgan fingerprint density at radius 3 is 1.53 bits per heavy atom. The molecule has 0 spiro atoms. The maximum Gasteiger partial charge on any atom is 0.388 e. The lowest BCUT2D eigenvalue weighted by atomic mass is 9.38. The molecule has 8 nitrogen and oxygen atoms in total. The summed E-state index contributed by atoms with van der Waals surface area (Å²) in [5.41, 5.74) is 11.7. The van der Waals surface area contributed by atoms with Crippen LogP contribution in [0.25, 0.3) is 61.9 Å². The smallest absolute Gasteiger partial charge is 0.388 e. The van der Waals surface area contributed by atoms with Gasteiger partial charge in [-0.1, -0.05) is 127 Å². The lowest BCUT2D eigenvalue weighted by molar-refractivity contribution is 0.625. The summed E-state index contributed by atoms with van der Waals surface area (Å²) >= 11 is 0. The Bertz CT molecular complexity index is 2860. The molecule has 0 atom stereocenters. The van der Waals surface area contributed by atoms with Crippen LogP contribution in [0.4, 0.5) is 0 Å². The summed E-state index contributed by atoms with van der Waals surface area (Å²) in [5.74, 6) is 6.23. The van der Waals surface area contributed by atoms with Crippen molar-refractivity contribution in [2.45, 2.75) is 0 Å². The summed E-state index contributed by atoms with van der Waals surface area (Å²) < 4.78 is 7.32. The second-order valence-electron chi connectivity index (χ2n) is 15.0. The number of allylic oxidation sites excluding steroid dienone is 6. The molecule has 0 unspecified atom stereocenters. The molecule has 0 amide bonds. The molecule has 60 heavy (non-hydrogen) atoms. The number of rotatable bonds is 7. The SMILES string of the molecule is C1=CN2B3C=C(c4nc(-c5ccccn5)nc(-c5ccccn5)n4)C=CN3B3C=C(c4cccc(-c5ccccc5)c4)C=CN3B2C(c2cccc(-c3ccccc3)c2)=C1. The lowest BCUT2D eigenvalue weighted by Gasteiger charge is -2.55. The van der Waals surface area contributed by atoms with E-state index in [2.05, 4.69) is 188 Å². The summed E-state index contributed by atoms with van der Waals surface area (Å²) in [6.45, 7) is -0.404. The topological polar surface area (TPSA) is 74.2 Å². The van der Waals surface area contributed by atoms with Crippen molar-refractivity contribution in [1.29, 1.82) is 0 Å². The van der Waals surface area contributed by atoms with Gasteiger partial charge in [-0.05, 0) is 118 Å². The minimum atomic E-state index is -0.179. The van der Waals surface area contributed by atoms with E-state index in [0.717, 1.165) is 5.57 Å². The number of hydrogen-bond donors (Lipinski definition) is 0. The van der Waals surface area contributed by atoms with Crippen LogP contribution in [0.5, 0.6) is 0 Å². The Hall–Kier alpha value is -7.78. The molecule has 11 rings (SSSR count). The van der Waals surface area contributed by atoms with Gasteiger partial charge in [0.2, 0.25) is 0 Å². The van der Waals surface area contributed by atoms with E-state index in [4.69, 9.17) is 15.0 Å². The van der Waals surface area contributed by atoms with Gasteiger partial charge in [-0.3, -0.25) is 9.97 Å². The molecule has 0 bridgehead atoms. The quantitative estimate of drug-likeness (QED) is 0.149. The number of pyridine rings is 2. The third-order valence-electron chi connectivity index (χ3n) is 11.4. The fraction of sp³-hybridized carbons (Fsp3) is 0. The Morgan fingerprint density at radius 2 is 0.900 bits per heavy atom. The van der Waals surface area contributed by atoms with Crippen molar-refractivity contribution in [2.24, 2.45) is 0 Å². The predicted molar refractivity (Wildman–Crippen MR) is 244 cm³/mol. The third-order valence-corrected chi connectivity index (χ3v) is 11.4. The monoisotopic (exact) mass is 768 g/mol. The first kappa shape index (κ1) is 35.4. The molecule has 1 saturated heterocycles. The van der Waals surface area contributed by atoms with Gasteiger partial charge in [0.1, 0.15) is 11.4 Å². The van der Waals surface area contributed by atoms with Crippen LogP contribution in [0, 0.1) is 0 Å². The highest BCUT2D eigenvalue weighted by Gasteiger charge is 2.53. The highest BCUT2D eigenvalue weighted by atomic mass is 15.3. The van der Waals surface area contributed by atoms with Gasteiger partial charge >= 0.3 is 20.9 Å². The Kier molecular flexibility index (Phi) is 8.96. The highest BCUT2D eigenvalue weighted by molar-refractivity contribution is 6.97. The molecule has 0 saturated carbocycles. The molecule has 280 valence electrons. The van der Waals surface area contributed by atoms with E-state index in [1.807, 2.05) is 36.4 Å². The minimum Gasteiger partial charge on any atom is -0.423 e. The predicted octanol–water partition coefficient (Wildman–Crippen LogP) is 9.46. The summed E-state index contributed by atoms with van der Waals surface area (Å²) in [7, 11) is 0. The van der Waals surface area contributed by atoms with E-state index in [9.17, 15) is 0 Å². The summed E-state index contributed by atoms with van der Waals surface area (Å²) in [5, 5.41) is 0. The molecule has 7 aromatic rings. The van der Waals surface area contributed by atoms with Crippen LogP contribution in [0.3, 0.4) is 0 Å². The highest BCUT2D eigenvalue weighted by Crippen LogP contribution is 2.39. The van der Waals surface area contributed by atoms with Crippen LogP contribution < -0.4 is 0 Å². The maximum absolute atomic E-state index is 5.03. The van der Waals surface area contributed by atoms with E-state index < -0.39 is 0 Å². The zero-order valence-electron chi connectivity index (χ0n) is 32.5. The van der Waals surface area contributed by atoms with Crippen LogP contribution >= 0.6 is 0 Å². The first-order chi connectivity index (χ1) is 29.7. The first-order valence-corrected chi connectivity index (χ1v) is 20.2. The molecule has 0 radical (unpaired) electrons. The molecule has 4 aromatic carbocycles. The molecule has 7 heterocycles. The van der Waals surface area contributed by atoms with Crippen LogP contribution in [-0.4, -0.2) is 60.0 Å². The van der Waals surface area contributed by atoms with Crippen molar-refractivity contribution in [3.8, 4) is 45.3 Å². The van der Waals surface area contributed by atoms with Crippen molar-refractivity contribution in [2.75, 3.05) is 0 Å².